The fourth-order valence-electron chi connectivity index (χ4n) is 3.78. The van der Waals surface area contributed by atoms with Crippen molar-refractivity contribution in [1.82, 2.24) is 0 Å². The molecule has 0 spiro atoms. The van der Waals surface area contributed by atoms with Gasteiger partial charge in [0, 0.05) is 25.2 Å². The molecule has 0 aliphatic heterocycles. The molecule has 0 aromatic rings. The molecule has 168 valence electrons. The summed E-state index contributed by atoms with van der Waals surface area (Å²) in [6.45, 7) is 5.49. The topological polar surface area (TPSA) is 63.6 Å². The predicted molar refractivity (Wildman–Crippen MR) is 110 cm³/mol. The van der Waals surface area contributed by atoms with Crippen molar-refractivity contribution in [1.29, 1.82) is 0 Å². The van der Waals surface area contributed by atoms with Crippen LogP contribution in [0.3, 0.4) is 0 Å². The number of hydrogen-bond acceptors (Lipinski definition) is 4. The number of hydrogen-bond donors (Lipinski definition) is 1. The second-order valence-corrected chi connectivity index (χ2v) is 8.46. The molecule has 1 aliphatic carbocycles. The van der Waals surface area contributed by atoms with Crippen LogP contribution < -0.4 is 0 Å². The van der Waals surface area contributed by atoms with E-state index in [2.05, 4.69) is 0 Å². The molecule has 0 aromatic carbocycles. The SMILES string of the molecule is CCCCC(F)(F)C(O)CC[C@H]1CCC(=O)C1/C=C/CCCCC(=O)OC(C)C. The Balaban J connectivity index is 2.37. The maximum absolute atomic E-state index is 13.9. The van der Waals surface area contributed by atoms with Gasteiger partial charge in [0.1, 0.15) is 11.9 Å². The van der Waals surface area contributed by atoms with Crippen LogP contribution in [0.4, 0.5) is 8.78 Å². The molecule has 1 N–H and O–H groups in total. The second-order valence-electron chi connectivity index (χ2n) is 8.46. The molecule has 0 radical (unpaired) electrons. The molecule has 0 aromatic heterocycles. The first-order valence-corrected chi connectivity index (χ1v) is 11.1. The number of ketones is 1. The number of ether oxygens (including phenoxy) is 1. The fraction of sp³-hybridized carbons (Fsp3) is 0.826. The van der Waals surface area contributed by atoms with Gasteiger partial charge in [-0.2, -0.15) is 0 Å². The summed E-state index contributed by atoms with van der Waals surface area (Å²) in [7, 11) is 0. The molecule has 0 amide bonds. The first-order valence-electron chi connectivity index (χ1n) is 11.1. The highest BCUT2D eigenvalue weighted by Crippen LogP contribution is 2.36. The zero-order valence-electron chi connectivity index (χ0n) is 18.2. The van der Waals surface area contributed by atoms with Crippen LogP contribution in [-0.4, -0.2) is 35.0 Å². The quantitative estimate of drug-likeness (QED) is 0.227. The minimum atomic E-state index is -3.05. The van der Waals surface area contributed by atoms with E-state index in [1.807, 2.05) is 32.9 Å². The van der Waals surface area contributed by atoms with Crippen molar-refractivity contribution >= 4 is 11.8 Å². The van der Waals surface area contributed by atoms with Gasteiger partial charge in [-0.1, -0.05) is 25.5 Å². The number of aliphatic hydroxyl groups is 1. The third kappa shape index (κ3) is 9.83. The van der Waals surface area contributed by atoms with Crippen molar-refractivity contribution in [3.8, 4) is 0 Å². The van der Waals surface area contributed by atoms with E-state index in [9.17, 15) is 23.5 Å². The molecule has 0 saturated heterocycles. The lowest BCUT2D eigenvalue weighted by atomic mass is 9.88. The Morgan fingerprint density at radius 3 is 2.69 bits per heavy atom. The van der Waals surface area contributed by atoms with E-state index in [0.29, 0.717) is 38.5 Å². The largest absolute Gasteiger partial charge is 0.463 e. The number of Topliss-reactive ketones (excluding diaryl/α,β-unsaturated/α-hetero) is 1. The highest BCUT2D eigenvalue weighted by atomic mass is 19.3. The van der Waals surface area contributed by atoms with Crippen molar-refractivity contribution in [2.24, 2.45) is 11.8 Å². The highest BCUT2D eigenvalue weighted by Gasteiger charge is 2.39. The van der Waals surface area contributed by atoms with Gasteiger partial charge in [0.2, 0.25) is 0 Å². The fourth-order valence-corrected chi connectivity index (χ4v) is 3.78. The molecule has 1 fully saturated rings. The minimum Gasteiger partial charge on any atom is -0.463 e. The molecule has 0 bridgehead atoms. The first kappa shape index (κ1) is 25.7. The average Bonchev–Trinajstić information content (AvgIpc) is 3.00. The van der Waals surface area contributed by atoms with Crippen LogP contribution >= 0.6 is 0 Å². The summed E-state index contributed by atoms with van der Waals surface area (Å²) in [6, 6.07) is 0. The third-order valence-electron chi connectivity index (χ3n) is 5.52. The number of unbranched alkanes of at least 4 members (excludes halogenated alkanes) is 3. The average molecular weight is 417 g/mol. The van der Waals surface area contributed by atoms with Crippen LogP contribution in [0.2, 0.25) is 0 Å². The number of carbonyl (C=O) groups excluding carboxylic acids is 2. The molecule has 1 saturated carbocycles. The van der Waals surface area contributed by atoms with Crippen LogP contribution in [0.15, 0.2) is 12.2 Å². The number of alkyl halides is 2. The standard InChI is InChI=1S/C23H38F2O4/c1-4-5-16-23(24,25)21(27)15-13-18-12-14-20(26)19(18)10-8-6-7-9-11-22(28)29-17(2)3/h8,10,17-19,21,27H,4-7,9,11-16H2,1-3H3/b10-8+/t18-,19?,21?/m1/s1. The number of esters is 1. The summed E-state index contributed by atoms with van der Waals surface area (Å²) < 4.78 is 33.0. The highest BCUT2D eigenvalue weighted by molar-refractivity contribution is 5.85. The van der Waals surface area contributed by atoms with Crippen molar-refractivity contribution in [3.05, 3.63) is 12.2 Å². The van der Waals surface area contributed by atoms with Crippen molar-refractivity contribution in [2.75, 3.05) is 0 Å². The van der Waals surface area contributed by atoms with Gasteiger partial charge in [0.05, 0.1) is 6.10 Å². The number of halogens is 2. The summed E-state index contributed by atoms with van der Waals surface area (Å²) in [5.74, 6) is -3.31. The molecule has 2 unspecified atom stereocenters. The van der Waals surface area contributed by atoms with E-state index >= 15 is 0 Å². The Hall–Kier alpha value is -1.30. The summed E-state index contributed by atoms with van der Waals surface area (Å²) in [4.78, 5) is 23.6. The monoisotopic (exact) mass is 416 g/mol. The van der Waals surface area contributed by atoms with Crippen molar-refractivity contribution in [3.63, 3.8) is 0 Å². The Bertz CT molecular complexity index is 531. The van der Waals surface area contributed by atoms with Gasteiger partial charge in [-0.05, 0) is 64.7 Å². The van der Waals surface area contributed by atoms with Gasteiger partial charge >= 0.3 is 5.97 Å². The first-order chi connectivity index (χ1) is 13.7. The molecule has 1 aliphatic rings. The van der Waals surface area contributed by atoms with Gasteiger partial charge in [-0.3, -0.25) is 9.59 Å². The summed E-state index contributed by atoms with van der Waals surface area (Å²) >= 11 is 0. The summed E-state index contributed by atoms with van der Waals surface area (Å²) in [5, 5.41) is 9.90. The van der Waals surface area contributed by atoms with Crippen molar-refractivity contribution < 1.29 is 28.2 Å². The van der Waals surface area contributed by atoms with Gasteiger partial charge < -0.3 is 9.84 Å². The Kier molecular flexibility index (Phi) is 11.6. The summed E-state index contributed by atoms with van der Waals surface area (Å²) in [5.41, 5.74) is 0. The normalized spacial score (nSPS) is 21.3. The van der Waals surface area contributed by atoms with Gasteiger partial charge in [0.15, 0.2) is 0 Å². The van der Waals surface area contributed by atoms with Gasteiger partial charge in [-0.15, -0.1) is 0 Å². The van der Waals surface area contributed by atoms with Crippen LogP contribution in [0, 0.1) is 11.8 Å². The molecule has 29 heavy (non-hydrogen) atoms. The maximum atomic E-state index is 13.9. The second kappa shape index (κ2) is 13.1. The van der Waals surface area contributed by atoms with E-state index in [1.54, 1.807) is 0 Å². The predicted octanol–water partition coefficient (Wildman–Crippen LogP) is 5.62. The zero-order chi connectivity index (χ0) is 21.9. The molecule has 1 rings (SSSR count). The van der Waals surface area contributed by atoms with Gasteiger partial charge in [0.25, 0.3) is 5.92 Å². The zero-order valence-corrected chi connectivity index (χ0v) is 18.2. The lowest BCUT2D eigenvalue weighted by molar-refractivity contribution is -0.147. The molecule has 6 heteroatoms. The molecule has 4 nitrogen and oxygen atoms in total. The summed E-state index contributed by atoms with van der Waals surface area (Å²) in [6.07, 6.45) is 7.25. The lowest BCUT2D eigenvalue weighted by Gasteiger charge is -2.24. The number of carbonyl (C=O) groups is 2. The lowest BCUT2D eigenvalue weighted by Crippen LogP contribution is -2.34. The Labute approximate surface area is 174 Å². The van der Waals surface area contributed by atoms with Crippen molar-refractivity contribution in [2.45, 2.75) is 110 Å². The smallest absolute Gasteiger partial charge is 0.306 e. The van der Waals surface area contributed by atoms with E-state index < -0.39 is 12.0 Å². The van der Waals surface area contributed by atoms with E-state index in [0.717, 1.165) is 19.3 Å². The molecule has 0 heterocycles. The number of allylic oxidation sites excluding steroid dienone is 2. The van der Waals surface area contributed by atoms with Crippen LogP contribution in [0.5, 0.6) is 0 Å². The van der Waals surface area contributed by atoms with E-state index in [4.69, 9.17) is 4.74 Å². The Morgan fingerprint density at radius 1 is 1.31 bits per heavy atom. The minimum absolute atomic E-state index is 0.0244. The van der Waals surface area contributed by atoms with Crippen LogP contribution in [0.1, 0.15) is 91.4 Å². The number of rotatable bonds is 14. The van der Waals surface area contributed by atoms with Crippen LogP contribution in [-0.2, 0) is 14.3 Å². The van der Waals surface area contributed by atoms with Crippen LogP contribution in [0.25, 0.3) is 0 Å². The van der Waals surface area contributed by atoms with E-state index in [1.165, 1.54) is 0 Å². The van der Waals surface area contributed by atoms with E-state index in [-0.39, 0.29) is 42.5 Å². The molecular weight excluding hydrogens is 378 g/mol. The molecular formula is C23H38F2O4. The maximum Gasteiger partial charge on any atom is 0.306 e. The molecule has 3 atom stereocenters. The third-order valence-corrected chi connectivity index (χ3v) is 5.52. The van der Waals surface area contributed by atoms with Gasteiger partial charge in [-0.25, -0.2) is 8.78 Å². The number of aliphatic hydroxyl groups excluding tert-OH is 1. The Morgan fingerprint density at radius 2 is 2.03 bits per heavy atom.